The van der Waals surface area contributed by atoms with Gasteiger partial charge in [0.1, 0.15) is 0 Å². The SMILES string of the molecule is CC(C)(C)C1CCC(O)(C2(CN)CC3CCC2O3)CC1. The summed E-state index contributed by atoms with van der Waals surface area (Å²) in [7, 11) is 0. The van der Waals surface area contributed by atoms with Gasteiger partial charge in [-0.05, 0) is 56.3 Å². The van der Waals surface area contributed by atoms with Crippen molar-refractivity contribution in [2.75, 3.05) is 6.54 Å². The van der Waals surface area contributed by atoms with Crippen LogP contribution in [0.25, 0.3) is 0 Å². The Kier molecular flexibility index (Phi) is 3.47. The van der Waals surface area contributed by atoms with Crippen molar-refractivity contribution < 1.29 is 9.84 Å². The maximum absolute atomic E-state index is 11.4. The fourth-order valence-electron chi connectivity index (χ4n) is 5.15. The monoisotopic (exact) mass is 281 g/mol. The predicted octanol–water partition coefficient (Wildman–Crippen LogP) is 2.85. The Morgan fingerprint density at radius 2 is 1.80 bits per heavy atom. The van der Waals surface area contributed by atoms with Gasteiger partial charge in [0, 0.05) is 12.0 Å². The van der Waals surface area contributed by atoms with Crippen LogP contribution in [0, 0.1) is 16.7 Å². The second-order valence-corrected chi connectivity index (χ2v) is 8.56. The Morgan fingerprint density at radius 3 is 2.20 bits per heavy atom. The number of rotatable bonds is 2. The molecule has 20 heavy (non-hydrogen) atoms. The van der Waals surface area contributed by atoms with Crippen molar-refractivity contribution in [1.29, 1.82) is 0 Å². The highest BCUT2D eigenvalue weighted by molar-refractivity contribution is 5.12. The van der Waals surface area contributed by atoms with Crippen LogP contribution in [0.2, 0.25) is 0 Å². The lowest BCUT2D eigenvalue weighted by Crippen LogP contribution is -2.59. The number of nitrogens with two attached hydrogens (primary N) is 1. The predicted molar refractivity (Wildman–Crippen MR) is 80.4 cm³/mol. The number of aliphatic hydroxyl groups is 1. The van der Waals surface area contributed by atoms with Crippen LogP contribution in [-0.2, 0) is 4.74 Å². The van der Waals surface area contributed by atoms with Gasteiger partial charge in [-0.1, -0.05) is 20.8 Å². The molecule has 3 nitrogen and oxygen atoms in total. The minimum absolute atomic E-state index is 0.168. The maximum Gasteiger partial charge on any atom is 0.0741 e. The molecule has 2 aliphatic heterocycles. The quantitative estimate of drug-likeness (QED) is 0.818. The van der Waals surface area contributed by atoms with Gasteiger partial charge in [0.2, 0.25) is 0 Å². The molecular formula is C17H31NO2. The van der Waals surface area contributed by atoms with E-state index >= 15 is 0 Å². The van der Waals surface area contributed by atoms with Crippen molar-refractivity contribution in [3.63, 3.8) is 0 Å². The summed E-state index contributed by atoms with van der Waals surface area (Å²) < 4.78 is 6.05. The average Bonchev–Trinajstić information content (AvgIpc) is 2.98. The van der Waals surface area contributed by atoms with Gasteiger partial charge < -0.3 is 15.6 Å². The molecule has 2 bridgehead atoms. The fourth-order valence-corrected chi connectivity index (χ4v) is 5.15. The van der Waals surface area contributed by atoms with Crippen LogP contribution < -0.4 is 5.73 Å². The molecule has 3 atom stereocenters. The molecule has 0 amide bonds. The fraction of sp³-hybridized carbons (Fsp3) is 1.00. The van der Waals surface area contributed by atoms with Crippen LogP contribution in [0.4, 0.5) is 0 Å². The standard InChI is InChI=1S/C17H31NO2/c1-15(2,3)12-6-8-17(19,9-7-12)16(11-18)10-13-4-5-14(16)20-13/h12-14,19H,4-11,18H2,1-3H3. The summed E-state index contributed by atoms with van der Waals surface area (Å²) >= 11 is 0. The Bertz CT molecular complexity index is 368. The van der Waals surface area contributed by atoms with Gasteiger partial charge in [0.05, 0.1) is 17.8 Å². The van der Waals surface area contributed by atoms with Crippen molar-refractivity contribution >= 4 is 0 Å². The minimum Gasteiger partial charge on any atom is -0.389 e. The molecule has 3 unspecified atom stereocenters. The van der Waals surface area contributed by atoms with E-state index in [2.05, 4.69) is 20.8 Å². The lowest BCUT2D eigenvalue weighted by molar-refractivity contribution is -0.142. The van der Waals surface area contributed by atoms with Crippen LogP contribution in [0.3, 0.4) is 0 Å². The molecule has 0 aromatic rings. The van der Waals surface area contributed by atoms with Gasteiger partial charge in [-0.2, -0.15) is 0 Å². The Balaban J connectivity index is 1.77. The maximum atomic E-state index is 11.4. The summed E-state index contributed by atoms with van der Waals surface area (Å²) in [5.41, 5.74) is 5.74. The Morgan fingerprint density at radius 1 is 1.15 bits per heavy atom. The second kappa shape index (κ2) is 4.69. The number of ether oxygens (including phenoxy) is 1. The molecule has 3 N–H and O–H groups in total. The van der Waals surface area contributed by atoms with E-state index in [4.69, 9.17) is 10.5 Å². The Hall–Kier alpha value is -0.120. The van der Waals surface area contributed by atoms with Gasteiger partial charge in [-0.3, -0.25) is 0 Å². The van der Waals surface area contributed by atoms with Crippen LogP contribution in [0.5, 0.6) is 0 Å². The van der Waals surface area contributed by atoms with Crippen molar-refractivity contribution in [2.45, 2.75) is 83.5 Å². The van der Waals surface area contributed by atoms with Crippen LogP contribution in [0.1, 0.15) is 65.7 Å². The smallest absolute Gasteiger partial charge is 0.0741 e. The summed E-state index contributed by atoms with van der Waals surface area (Å²) in [5.74, 6) is 0.720. The first kappa shape index (κ1) is 14.8. The van der Waals surface area contributed by atoms with Crippen molar-refractivity contribution in [1.82, 2.24) is 0 Å². The van der Waals surface area contributed by atoms with E-state index in [0.29, 0.717) is 18.1 Å². The van der Waals surface area contributed by atoms with Crippen molar-refractivity contribution in [3.8, 4) is 0 Å². The van der Waals surface area contributed by atoms with E-state index in [1.165, 1.54) is 0 Å². The molecule has 3 fully saturated rings. The molecule has 116 valence electrons. The molecule has 0 spiro atoms. The highest BCUT2D eigenvalue weighted by atomic mass is 16.5. The van der Waals surface area contributed by atoms with E-state index in [0.717, 1.165) is 50.9 Å². The van der Waals surface area contributed by atoms with Gasteiger partial charge in [0.25, 0.3) is 0 Å². The number of hydrogen-bond donors (Lipinski definition) is 2. The first-order valence-electron chi connectivity index (χ1n) is 8.39. The molecule has 2 saturated heterocycles. The number of hydrogen-bond acceptors (Lipinski definition) is 3. The molecule has 1 aliphatic carbocycles. The summed E-state index contributed by atoms with van der Waals surface area (Å²) in [6, 6.07) is 0. The normalized spacial score (nSPS) is 48.8. The van der Waals surface area contributed by atoms with Gasteiger partial charge >= 0.3 is 0 Å². The molecule has 0 aromatic heterocycles. The molecule has 1 saturated carbocycles. The van der Waals surface area contributed by atoms with Crippen molar-refractivity contribution in [2.24, 2.45) is 22.5 Å². The van der Waals surface area contributed by atoms with Gasteiger partial charge in [-0.25, -0.2) is 0 Å². The zero-order valence-corrected chi connectivity index (χ0v) is 13.3. The van der Waals surface area contributed by atoms with E-state index < -0.39 is 5.60 Å². The number of fused-ring (bicyclic) bond motifs is 2. The van der Waals surface area contributed by atoms with E-state index in [1.54, 1.807) is 0 Å². The first-order chi connectivity index (χ1) is 9.31. The second-order valence-electron chi connectivity index (χ2n) is 8.56. The lowest BCUT2D eigenvalue weighted by atomic mass is 9.56. The topological polar surface area (TPSA) is 55.5 Å². The van der Waals surface area contributed by atoms with Crippen LogP contribution in [-0.4, -0.2) is 29.5 Å². The third-order valence-corrected chi connectivity index (χ3v) is 6.64. The van der Waals surface area contributed by atoms with Crippen LogP contribution in [0.15, 0.2) is 0 Å². The van der Waals surface area contributed by atoms with Gasteiger partial charge in [0.15, 0.2) is 0 Å². The van der Waals surface area contributed by atoms with E-state index in [-0.39, 0.29) is 11.5 Å². The molecule has 0 aromatic carbocycles. The molecular weight excluding hydrogens is 250 g/mol. The lowest BCUT2D eigenvalue weighted by Gasteiger charge is -2.52. The highest BCUT2D eigenvalue weighted by Crippen LogP contribution is 2.58. The third-order valence-electron chi connectivity index (χ3n) is 6.64. The molecule has 3 heteroatoms. The van der Waals surface area contributed by atoms with E-state index in [9.17, 15) is 5.11 Å². The Labute approximate surface area is 123 Å². The molecule has 2 heterocycles. The summed E-state index contributed by atoms with van der Waals surface area (Å²) in [6.07, 6.45) is 7.84. The largest absolute Gasteiger partial charge is 0.389 e. The summed E-state index contributed by atoms with van der Waals surface area (Å²) in [6.45, 7) is 7.54. The van der Waals surface area contributed by atoms with Crippen LogP contribution >= 0.6 is 0 Å². The molecule has 0 radical (unpaired) electrons. The first-order valence-corrected chi connectivity index (χ1v) is 8.39. The van der Waals surface area contributed by atoms with E-state index in [1.807, 2.05) is 0 Å². The van der Waals surface area contributed by atoms with Crippen molar-refractivity contribution in [3.05, 3.63) is 0 Å². The zero-order valence-electron chi connectivity index (χ0n) is 13.3. The zero-order chi connectivity index (χ0) is 14.6. The molecule has 3 aliphatic rings. The average molecular weight is 281 g/mol. The van der Waals surface area contributed by atoms with Gasteiger partial charge in [-0.15, -0.1) is 0 Å². The summed E-state index contributed by atoms with van der Waals surface area (Å²) in [5, 5.41) is 11.4. The third kappa shape index (κ3) is 2.05. The molecule has 3 rings (SSSR count). The minimum atomic E-state index is -0.594. The summed E-state index contributed by atoms with van der Waals surface area (Å²) in [4.78, 5) is 0. The highest BCUT2D eigenvalue weighted by Gasteiger charge is 2.62.